The standard InChI is InChI=1S/C14H23N3O2/c1-10-13(11(2)17(3)16-10)6-7-14(18)15-9-12-5-4-8-19-12/h12H,4-9H2,1-3H3,(H,15,18). The fourth-order valence-corrected chi connectivity index (χ4v) is 2.54. The largest absolute Gasteiger partial charge is 0.376 e. The average Bonchev–Trinajstić information content (AvgIpc) is 2.96. The fraction of sp³-hybridized carbons (Fsp3) is 0.714. The van der Waals surface area contributed by atoms with E-state index in [1.807, 2.05) is 25.6 Å². The number of aromatic nitrogens is 2. The van der Waals surface area contributed by atoms with Crippen molar-refractivity contribution in [2.24, 2.45) is 7.05 Å². The first-order chi connectivity index (χ1) is 9.08. The summed E-state index contributed by atoms with van der Waals surface area (Å²) in [5, 5.41) is 7.31. The number of nitrogens with one attached hydrogen (secondary N) is 1. The van der Waals surface area contributed by atoms with Crippen LogP contribution in [0.1, 0.15) is 36.2 Å². The first-order valence-electron chi connectivity index (χ1n) is 6.95. The van der Waals surface area contributed by atoms with Crippen molar-refractivity contribution in [1.29, 1.82) is 0 Å². The number of amides is 1. The van der Waals surface area contributed by atoms with Gasteiger partial charge in [0.15, 0.2) is 0 Å². The van der Waals surface area contributed by atoms with Crippen molar-refractivity contribution in [3.05, 3.63) is 17.0 Å². The minimum atomic E-state index is 0.0955. The highest BCUT2D eigenvalue weighted by Gasteiger charge is 2.16. The molecule has 0 radical (unpaired) electrons. The van der Waals surface area contributed by atoms with Crippen LogP contribution < -0.4 is 5.32 Å². The van der Waals surface area contributed by atoms with E-state index in [9.17, 15) is 4.79 Å². The molecule has 0 aromatic carbocycles. The zero-order chi connectivity index (χ0) is 13.8. The maximum absolute atomic E-state index is 11.8. The highest BCUT2D eigenvalue weighted by molar-refractivity contribution is 5.76. The molecule has 1 aromatic rings. The molecule has 1 fully saturated rings. The Kier molecular flexibility index (Phi) is 4.58. The Hall–Kier alpha value is -1.36. The van der Waals surface area contributed by atoms with Gasteiger partial charge in [-0.05, 0) is 38.7 Å². The minimum Gasteiger partial charge on any atom is -0.376 e. The SMILES string of the molecule is Cc1nn(C)c(C)c1CCC(=O)NCC1CCCO1. The normalized spacial score (nSPS) is 18.8. The Morgan fingerprint density at radius 3 is 2.89 bits per heavy atom. The molecule has 2 rings (SSSR count). The van der Waals surface area contributed by atoms with E-state index >= 15 is 0 Å². The van der Waals surface area contributed by atoms with E-state index in [1.165, 1.54) is 5.56 Å². The van der Waals surface area contributed by atoms with Gasteiger partial charge in [-0.1, -0.05) is 0 Å². The highest BCUT2D eigenvalue weighted by atomic mass is 16.5. The monoisotopic (exact) mass is 265 g/mol. The molecule has 0 spiro atoms. The Morgan fingerprint density at radius 2 is 2.32 bits per heavy atom. The van der Waals surface area contributed by atoms with E-state index < -0.39 is 0 Å². The molecule has 1 atom stereocenters. The van der Waals surface area contributed by atoms with Gasteiger partial charge in [0, 0.05) is 32.3 Å². The maximum Gasteiger partial charge on any atom is 0.220 e. The van der Waals surface area contributed by atoms with Gasteiger partial charge in [0.2, 0.25) is 5.91 Å². The van der Waals surface area contributed by atoms with Crippen molar-refractivity contribution in [1.82, 2.24) is 15.1 Å². The number of nitrogens with zero attached hydrogens (tertiary/aromatic N) is 2. The molecule has 106 valence electrons. The van der Waals surface area contributed by atoms with Crippen molar-refractivity contribution >= 4 is 5.91 Å². The van der Waals surface area contributed by atoms with Crippen molar-refractivity contribution in [3.63, 3.8) is 0 Å². The van der Waals surface area contributed by atoms with Gasteiger partial charge in [0.25, 0.3) is 0 Å². The van der Waals surface area contributed by atoms with E-state index in [1.54, 1.807) is 0 Å². The average molecular weight is 265 g/mol. The summed E-state index contributed by atoms with van der Waals surface area (Å²) in [4.78, 5) is 11.8. The van der Waals surface area contributed by atoms with Crippen LogP contribution in [-0.2, 0) is 23.0 Å². The fourth-order valence-electron chi connectivity index (χ4n) is 2.54. The van der Waals surface area contributed by atoms with Crippen LogP contribution in [0.5, 0.6) is 0 Å². The molecule has 0 bridgehead atoms. The summed E-state index contributed by atoms with van der Waals surface area (Å²) >= 11 is 0. The number of carbonyl (C=O) groups is 1. The van der Waals surface area contributed by atoms with Gasteiger partial charge in [0.1, 0.15) is 0 Å². The molecule has 5 heteroatoms. The summed E-state index contributed by atoms with van der Waals surface area (Å²) in [6.45, 7) is 5.50. The number of aryl methyl sites for hydroxylation is 2. The van der Waals surface area contributed by atoms with Gasteiger partial charge in [-0.3, -0.25) is 9.48 Å². The third kappa shape index (κ3) is 3.56. The van der Waals surface area contributed by atoms with Crippen LogP contribution in [-0.4, -0.2) is 34.9 Å². The molecule has 1 aliphatic rings. The van der Waals surface area contributed by atoms with E-state index in [-0.39, 0.29) is 12.0 Å². The van der Waals surface area contributed by atoms with E-state index in [4.69, 9.17) is 4.74 Å². The molecule has 1 N–H and O–H groups in total. The highest BCUT2D eigenvalue weighted by Crippen LogP contribution is 2.14. The molecule has 19 heavy (non-hydrogen) atoms. The van der Waals surface area contributed by atoms with Gasteiger partial charge in [-0.2, -0.15) is 5.10 Å². The second-order valence-electron chi connectivity index (χ2n) is 5.21. The number of ether oxygens (including phenoxy) is 1. The molecule has 1 aromatic heterocycles. The molecule has 1 unspecified atom stereocenters. The lowest BCUT2D eigenvalue weighted by atomic mass is 10.1. The van der Waals surface area contributed by atoms with Crippen LogP contribution in [0, 0.1) is 13.8 Å². The van der Waals surface area contributed by atoms with Crippen molar-refractivity contribution in [3.8, 4) is 0 Å². The third-order valence-electron chi connectivity index (χ3n) is 3.81. The molecular weight excluding hydrogens is 242 g/mol. The van der Waals surface area contributed by atoms with Crippen LogP contribution in [0.3, 0.4) is 0 Å². The quantitative estimate of drug-likeness (QED) is 0.872. The van der Waals surface area contributed by atoms with Gasteiger partial charge in [-0.15, -0.1) is 0 Å². The zero-order valence-corrected chi connectivity index (χ0v) is 12.0. The van der Waals surface area contributed by atoms with Gasteiger partial charge >= 0.3 is 0 Å². The number of hydrogen-bond acceptors (Lipinski definition) is 3. The van der Waals surface area contributed by atoms with Crippen LogP contribution in [0.2, 0.25) is 0 Å². The predicted octanol–water partition coefficient (Wildman–Crippen LogP) is 1.26. The number of hydrogen-bond donors (Lipinski definition) is 1. The second-order valence-corrected chi connectivity index (χ2v) is 5.21. The lowest BCUT2D eigenvalue weighted by Crippen LogP contribution is -2.31. The van der Waals surface area contributed by atoms with Crippen LogP contribution in [0.15, 0.2) is 0 Å². The third-order valence-corrected chi connectivity index (χ3v) is 3.81. The summed E-state index contributed by atoms with van der Waals surface area (Å²) in [6, 6.07) is 0. The number of carbonyl (C=O) groups excluding carboxylic acids is 1. The molecule has 1 aliphatic heterocycles. The summed E-state index contributed by atoms with van der Waals surface area (Å²) in [5.74, 6) is 0.0955. The van der Waals surface area contributed by atoms with E-state index in [0.29, 0.717) is 13.0 Å². The maximum atomic E-state index is 11.8. The van der Waals surface area contributed by atoms with E-state index in [0.717, 1.165) is 37.3 Å². The number of rotatable bonds is 5. The Morgan fingerprint density at radius 1 is 1.53 bits per heavy atom. The Labute approximate surface area is 114 Å². The Bertz CT molecular complexity index is 448. The molecule has 2 heterocycles. The lowest BCUT2D eigenvalue weighted by Gasteiger charge is -2.10. The molecule has 1 saturated heterocycles. The van der Waals surface area contributed by atoms with Crippen LogP contribution in [0.25, 0.3) is 0 Å². The zero-order valence-electron chi connectivity index (χ0n) is 12.0. The van der Waals surface area contributed by atoms with Crippen LogP contribution >= 0.6 is 0 Å². The van der Waals surface area contributed by atoms with Crippen molar-refractivity contribution < 1.29 is 9.53 Å². The van der Waals surface area contributed by atoms with Gasteiger partial charge < -0.3 is 10.1 Å². The molecule has 0 aliphatic carbocycles. The topological polar surface area (TPSA) is 56.2 Å². The van der Waals surface area contributed by atoms with Crippen molar-refractivity contribution in [2.75, 3.05) is 13.2 Å². The molecular formula is C14H23N3O2. The summed E-state index contributed by atoms with van der Waals surface area (Å²) in [6.07, 6.45) is 3.64. The molecule has 5 nitrogen and oxygen atoms in total. The predicted molar refractivity (Wildman–Crippen MR) is 73.0 cm³/mol. The second kappa shape index (κ2) is 6.19. The Balaban J connectivity index is 1.76. The summed E-state index contributed by atoms with van der Waals surface area (Å²) < 4.78 is 7.35. The smallest absolute Gasteiger partial charge is 0.220 e. The van der Waals surface area contributed by atoms with Gasteiger partial charge in [0.05, 0.1) is 11.8 Å². The summed E-state index contributed by atoms with van der Waals surface area (Å²) in [7, 11) is 1.93. The van der Waals surface area contributed by atoms with Crippen molar-refractivity contribution in [2.45, 2.75) is 45.6 Å². The molecule has 0 saturated carbocycles. The minimum absolute atomic E-state index is 0.0955. The van der Waals surface area contributed by atoms with Gasteiger partial charge in [-0.25, -0.2) is 0 Å². The first kappa shape index (κ1) is 14.1. The first-order valence-corrected chi connectivity index (χ1v) is 6.95. The lowest BCUT2D eigenvalue weighted by molar-refractivity contribution is -0.121. The van der Waals surface area contributed by atoms with Crippen LogP contribution in [0.4, 0.5) is 0 Å². The van der Waals surface area contributed by atoms with E-state index in [2.05, 4.69) is 10.4 Å². The summed E-state index contributed by atoms with van der Waals surface area (Å²) in [5.41, 5.74) is 3.35. The molecule has 1 amide bonds.